The van der Waals surface area contributed by atoms with Gasteiger partial charge in [0, 0.05) is 23.2 Å². The minimum absolute atomic E-state index is 0.0538. The molecule has 1 saturated heterocycles. The second-order valence-electron chi connectivity index (χ2n) is 8.23. The third kappa shape index (κ3) is 4.59. The highest BCUT2D eigenvalue weighted by atomic mass is 35.5. The van der Waals surface area contributed by atoms with Crippen LogP contribution in [0.3, 0.4) is 0 Å². The Morgan fingerprint density at radius 2 is 1.94 bits per heavy atom. The Balaban J connectivity index is 1.97. The molecule has 0 amide bonds. The molecule has 4 nitrogen and oxygen atoms in total. The molecule has 0 spiro atoms. The number of nitrogens with zero attached hydrogens (tertiary/aromatic N) is 1. The normalized spacial score (nSPS) is 17.6. The summed E-state index contributed by atoms with van der Waals surface area (Å²) in [6, 6.07) is 6.73. The van der Waals surface area contributed by atoms with E-state index in [0.29, 0.717) is 0 Å². The monoisotopic (exact) mass is 499 g/mol. The molecule has 1 N–H and O–H groups in total. The van der Waals surface area contributed by atoms with Gasteiger partial charge in [0.15, 0.2) is 0 Å². The molecule has 1 aliphatic heterocycles. The van der Waals surface area contributed by atoms with Crippen molar-refractivity contribution in [1.82, 2.24) is 4.90 Å². The summed E-state index contributed by atoms with van der Waals surface area (Å²) in [4.78, 5) is 15.5. The smallest absolute Gasteiger partial charge is 0.450 e. The van der Waals surface area contributed by atoms with E-state index in [-0.39, 0.29) is 50.5 Å². The van der Waals surface area contributed by atoms with Crippen LogP contribution < -0.4 is 5.43 Å². The molecule has 176 valence electrons. The summed E-state index contributed by atoms with van der Waals surface area (Å²) in [5, 5.41) is 10.6. The minimum atomic E-state index is -4.97. The van der Waals surface area contributed by atoms with Crippen LogP contribution >= 0.6 is 23.2 Å². The lowest BCUT2D eigenvalue weighted by Crippen LogP contribution is -2.38. The van der Waals surface area contributed by atoms with Crippen molar-refractivity contribution in [2.75, 3.05) is 6.54 Å². The van der Waals surface area contributed by atoms with Crippen molar-refractivity contribution < 1.29 is 22.7 Å². The number of halogens is 5. The van der Waals surface area contributed by atoms with E-state index in [1.807, 2.05) is 0 Å². The molecule has 1 atom stereocenters. The first-order chi connectivity index (χ1) is 15.6. The van der Waals surface area contributed by atoms with Gasteiger partial charge in [-0.1, -0.05) is 42.6 Å². The van der Waals surface area contributed by atoms with Crippen LogP contribution in [0.25, 0.3) is 22.1 Å². The first-order valence-corrected chi connectivity index (χ1v) is 11.5. The van der Waals surface area contributed by atoms with Gasteiger partial charge in [-0.25, -0.2) is 0 Å². The molecule has 0 unspecified atom stereocenters. The number of aromatic hydroxyl groups is 1. The van der Waals surface area contributed by atoms with Gasteiger partial charge in [-0.05, 0) is 50.1 Å². The number of benzene rings is 2. The Bertz CT molecular complexity index is 1260. The fraction of sp³-hybridized carbons (Fsp3) is 0.375. The lowest BCUT2D eigenvalue weighted by molar-refractivity contribution is -0.152. The predicted molar refractivity (Wildman–Crippen MR) is 123 cm³/mol. The highest BCUT2D eigenvalue weighted by Gasteiger charge is 2.40. The Morgan fingerprint density at radius 1 is 1.18 bits per heavy atom. The molecule has 0 aliphatic carbocycles. The average Bonchev–Trinajstić information content (AvgIpc) is 2.76. The van der Waals surface area contributed by atoms with Crippen molar-refractivity contribution in [2.45, 2.75) is 51.4 Å². The molecule has 0 radical (unpaired) electrons. The number of rotatable bonds is 4. The zero-order chi connectivity index (χ0) is 23.9. The predicted octanol–water partition coefficient (Wildman–Crippen LogP) is 7.26. The Kier molecular flexibility index (Phi) is 6.67. The fourth-order valence-electron chi connectivity index (χ4n) is 4.53. The molecule has 2 aromatic carbocycles. The first-order valence-electron chi connectivity index (χ1n) is 10.7. The number of piperidine rings is 1. The quantitative estimate of drug-likeness (QED) is 0.410. The molecule has 4 rings (SSSR count). The highest BCUT2D eigenvalue weighted by molar-refractivity contribution is 6.36. The molecule has 1 aliphatic rings. The van der Waals surface area contributed by atoms with Gasteiger partial charge in [0.2, 0.25) is 11.2 Å². The molecule has 2 heterocycles. The van der Waals surface area contributed by atoms with Crippen LogP contribution in [0.5, 0.6) is 5.75 Å². The van der Waals surface area contributed by atoms with E-state index in [2.05, 4.69) is 11.8 Å². The van der Waals surface area contributed by atoms with Gasteiger partial charge in [0.1, 0.15) is 11.3 Å². The van der Waals surface area contributed by atoms with Gasteiger partial charge in [0.05, 0.1) is 21.5 Å². The van der Waals surface area contributed by atoms with Gasteiger partial charge in [-0.2, -0.15) is 13.2 Å². The Labute approximate surface area is 198 Å². The first kappa shape index (κ1) is 23.9. The number of likely N-dealkylation sites (tertiary alicyclic amines) is 1. The number of hydrogen-bond acceptors (Lipinski definition) is 4. The second kappa shape index (κ2) is 9.20. The minimum Gasteiger partial charge on any atom is -0.507 e. The average molecular weight is 500 g/mol. The zero-order valence-electron chi connectivity index (χ0n) is 17.8. The summed E-state index contributed by atoms with van der Waals surface area (Å²) in [6.07, 6.45) is -1.08. The third-order valence-corrected chi connectivity index (χ3v) is 6.73. The van der Waals surface area contributed by atoms with E-state index >= 15 is 0 Å². The number of hydrogen-bond donors (Lipinski definition) is 1. The van der Waals surface area contributed by atoms with Gasteiger partial charge in [-0.15, -0.1) is 0 Å². The van der Waals surface area contributed by atoms with E-state index in [4.69, 9.17) is 27.6 Å². The standard InChI is InChI=1S/C24H22Cl2F3NO3/c1-2-14-5-3-4-10-30(14)12-17-19(31)9-8-16-21(32)20(15-7-6-13(25)11-18(15)26)23(24(27,28)29)33-22(16)17/h6-9,11,14,31H,2-5,10,12H2,1H3/t14-/m1/s1. The summed E-state index contributed by atoms with van der Waals surface area (Å²) in [6.45, 7) is 2.99. The number of phenols is 1. The number of phenolic OH excluding ortho intramolecular Hbond substituents is 1. The molecule has 0 bridgehead atoms. The molecule has 3 aromatic rings. The van der Waals surface area contributed by atoms with E-state index < -0.39 is 22.9 Å². The van der Waals surface area contributed by atoms with Crippen LogP contribution in [0, 0.1) is 0 Å². The lowest BCUT2D eigenvalue weighted by atomic mass is 9.97. The maximum Gasteiger partial charge on any atom is 0.450 e. The van der Waals surface area contributed by atoms with Crippen molar-refractivity contribution in [3.05, 3.63) is 61.9 Å². The van der Waals surface area contributed by atoms with Crippen LogP contribution in [0.2, 0.25) is 10.0 Å². The van der Waals surface area contributed by atoms with E-state index in [0.717, 1.165) is 32.2 Å². The largest absolute Gasteiger partial charge is 0.507 e. The molecule has 1 fully saturated rings. The van der Waals surface area contributed by atoms with Gasteiger partial charge in [0.25, 0.3) is 0 Å². The summed E-state index contributed by atoms with van der Waals surface area (Å²) in [5.41, 5.74) is -1.77. The van der Waals surface area contributed by atoms with E-state index in [1.54, 1.807) is 0 Å². The maximum atomic E-state index is 14.1. The van der Waals surface area contributed by atoms with Crippen LogP contribution in [0.15, 0.2) is 39.5 Å². The maximum absolute atomic E-state index is 14.1. The summed E-state index contributed by atoms with van der Waals surface area (Å²) >= 11 is 12.0. The number of alkyl halides is 3. The van der Waals surface area contributed by atoms with Crippen molar-refractivity contribution in [3.8, 4) is 16.9 Å². The summed E-state index contributed by atoms with van der Waals surface area (Å²) in [5.74, 6) is -1.67. The van der Waals surface area contributed by atoms with Crippen LogP contribution in [-0.2, 0) is 12.7 Å². The number of fused-ring (bicyclic) bond motifs is 1. The third-order valence-electron chi connectivity index (χ3n) is 6.18. The molecular weight excluding hydrogens is 478 g/mol. The SMILES string of the molecule is CC[C@@H]1CCCCN1Cc1c(O)ccc2c(=O)c(-c3ccc(Cl)cc3Cl)c(C(F)(F)F)oc12. The van der Waals surface area contributed by atoms with Crippen LogP contribution in [0.1, 0.15) is 43.9 Å². The lowest BCUT2D eigenvalue weighted by Gasteiger charge is -2.35. The Hall–Kier alpha value is -2.22. The zero-order valence-corrected chi connectivity index (χ0v) is 19.3. The molecule has 9 heteroatoms. The van der Waals surface area contributed by atoms with Crippen molar-refractivity contribution in [3.63, 3.8) is 0 Å². The van der Waals surface area contributed by atoms with E-state index in [1.165, 1.54) is 30.3 Å². The molecular formula is C24H22Cl2F3NO3. The summed E-state index contributed by atoms with van der Waals surface area (Å²) in [7, 11) is 0. The van der Waals surface area contributed by atoms with Crippen molar-refractivity contribution in [1.29, 1.82) is 0 Å². The fourth-order valence-corrected chi connectivity index (χ4v) is 5.03. The van der Waals surface area contributed by atoms with Crippen molar-refractivity contribution in [2.24, 2.45) is 0 Å². The summed E-state index contributed by atoms with van der Waals surface area (Å²) < 4.78 is 47.7. The van der Waals surface area contributed by atoms with E-state index in [9.17, 15) is 23.1 Å². The van der Waals surface area contributed by atoms with Crippen molar-refractivity contribution >= 4 is 34.2 Å². The molecule has 33 heavy (non-hydrogen) atoms. The second-order valence-corrected chi connectivity index (χ2v) is 9.07. The molecule has 0 saturated carbocycles. The highest BCUT2D eigenvalue weighted by Crippen LogP contribution is 2.41. The van der Waals surface area contributed by atoms with Gasteiger partial charge < -0.3 is 9.52 Å². The van der Waals surface area contributed by atoms with Gasteiger partial charge >= 0.3 is 6.18 Å². The van der Waals surface area contributed by atoms with Crippen LogP contribution in [0.4, 0.5) is 13.2 Å². The Morgan fingerprint density at radius 3 is 2.61 bits per heavy atom. The van der Waals surface area contributed by atoms with Gasteiger partial charge in [-0.3, -0.25) is 9.69 Å². The van der Waals surface area contributed by atoms with Crippen LogP contribution in [-0.4, -0.2) is 22.6 Å². The molecule has 1 aromatic heterocycles. The topological polar surface area (TPSA) is 53.7 Å².